The maximum Gasteiger partial charge on any atom is 0.193 e. The van der Waals surface area contributed by atoms with Crippen LogP contribution in [0.15, 0.2) is 18.6 Å². The van der Waals surface area contributed by atoms with Gasteiger partial charge in [0, 0.05) is 17.6 Å². The van der Waals surface area contributed by atoms with Gasteiger partial charge in [0.05, 0.1) is 0 Å². The van der Waals surface area contributed by atoms with Crippen molar-refractivity contribution < 1.29 is 4.39 Å². The van der Waals surface area contributed by atoms with Gasteiger partial charge in [-0.25, -0.2) is 9.97 Å². The molecule has 0 atom stereocenters. The molecule has 0 saturated carbocycles. The fraction of sp³-hybridized carbons (Fsp3) is 0. The molecule has 1 N–H and O–H groups in total. The van der Waals surface area contributed by atoms with E-state index in [1.807, 2.05) is 0 Å². The van der Waals surface area contributed by atoms with E-state index < -0.39 is 0 Å². The van der Waals surface area contributed by atoms with Crippen molar-refractivity contribution in [2.75, 3.05) is 0 Å². The summed E-state index contributed by atoms with van der Waals surface area (Å²) in [4.78, 5) is 9.96. The van der Waals surface area contributed by atoms with Gasteiger partial charge in [0.1, 0.15) is 12.0 Å². The van der Waals surface area contributed by atoms with Gasteiger partial charge in [-0.1, -0.05) is 0 Å². The van der Waals surface area contributed by atoms with E-state index in [2.05, 4.69) is 15.0 Å². The molecule has 4 heteroatoms. The quantitative estimate of drug-likeness (QED) is 0.590. The average Bonchev–Trinajstić information content (AvgIpc) is 2.27. The molecule has 2 rings (SSSR count). The topological polar surface area (TPSA) is 41.6 Å². The van der Waals surface area contributed by atoms with Gasteiger partial charge in [0.15, 0.2) is 5.95 Å². The molecule has 0 aliphatic rings. The van der Waals surface area contributed by atoms with Crippen LogP contribution in [0.1, 0.15) is 0 Å². The zero-order valence-corrected chi connectivity index (χ0v) is 5.00. The van der Waals surface area contributed by atoms with Gasteiger partial charge in [0.25, 0.3) is 0 Å². The molecule has 0 unspecified atom stereocenters. The molecule has 0 spiro atoms. The summed E-state index contributed by atoms with van der Waals surface area (Å²) in [6, 6.07) is 1.36. The van der Waals surface area contributed by atoms with E-state index in [4.69, 9.17) is 0 Å². The van der Waals surface area contributed by atoms with Crippen molar-refractivity contribution in [3.05, 3.63) is 24.5 Å². The van der Waals surface area contributed by atoms with Crippen LogP contribution in [0.2, 0.25) is 0 Å². The number of halogens is 1. The highest BCUT2D eigenvalue weighted by molar-refractivity contribution is 5.73. The molecule has 10 heavy (non-hydrogen) atoms. The normalized spacial score (nSPS) is 10.5. The molecule has 0 bridgehead atoms. The van der Waals surface area contributed by atoms with Crippen LogP contribution in [0.5, 0.6) is 0 Å². The third-order valence-electron chi connectivity index (χ3n) is 1.26. The lowest BCUT2D eigenvalue weighted by Gasteiger charge is -1.81. The summed E-state index contributed by atoms with van der Waals surface area (Å²) in [6.07, 6.45) is 2.93. The van der Waals surface area contributed by atoms with Gasteiger partial charge in [-0.3, -0.25) is 0 Å². The van der Waals surface area contributed by atoms with E-state index in [1.54, 1.807) is 6.20 Å². The van der Waals surface area contributed by atoms with Crippen LogP contribution in [-0.4, -0.2) is 15.0 Å². The molecule has 50 valence electrons. The first kappa shape index (κ1) is 5.34. The molecule has 2 aromatic heterocycles. The van der Waals surface area contributed by atoms with Gasteiger partial charge in [-0.05, 0) is 0 Å². The van der Waals surface area contributed by atoms with E-state index in [0.717, 1.165) is 0 Å². The number of nitrogens with zero attached hydrogens (tertiary/aromatic N) is 2. The molecular formula is C6H4FN3. The standard InChI is InChI=1S/C6H4FN3/c7-5-1-4-2-8-3-9-6(4)10-5/h1-3H,(H,8,9,10). The summed E-state index contributed by atoms with van der Waals surface area (Å²) in [5.41, 5.74) is 0.535. The van der Waals surface area contributed by atoms with Gasteiger partial charge >= 0.3 is 0 Å². The lowest BCUT2D eigenvalue weighted by Crippen LogP contribution is -1.76. The largest absolute Gasteiger partial charge is 0.316 e. The van der Waals surface area contributed by atoms with Gasteiger partial charge in [-0.2, -0.15) is 4.39 Å². The van der Waals surface area contributed by atoms with Crippen molar-refractivity contribution in [3.63, 3.8) is 0 Å². The third kappa shape index (κ3) is 0.655. The van der Waals surface area contributed by atoms with E-state index >= 15 is 0 Å². The number of hydrogen-bond donors (Lipinski definition) is 1. The average molecular weight is 137 g/mol. The lowest BCUT2D eigenvalue weighted by atomic mass is 10.4. The molecule has 2 heterocycles. The molecule has 0 amide bonds. The Balaban J connectivity index is 2.88. The third-order valence-corrected chi connectivity index (χ3v) is 1.26. The lowest BCUT2D eigenvalue weighted by molar-refractivity contribution is 0.594. The van der Waals surface area contributed by atoms with Crippen molar-refractivity contribution in [3.8, 4) is 0 Å². The number of nitrogens with one attached hydrogen (secondary N) is 1. The summed E-state index contributed by atoms with van der Waals surface area (Å²) in [7, 11) is 0. The van der Waals surface area contributed by atoms with Crippen LogP contribution < -0.4 is 0 Å². The highest BCUT2D eigenvalue weighted by atomic mass is 19.1. The second-order valence-corrected chi connectivity index (χ2v) is 1.94. The number of aromatic nitrogens is 3. The predicted molar refractivity (Wildman–Crippen MR) is 33.8 cm³/mol. The molecule has 3 nitrogen and oxygen atoms in total. The van der Waals surface area contributed by atoms with Crippen LogP contribution in [0.3, 0.4) is 0 Å². The van der Waals surface area contributed by atoms with E-state index in [-0.39, 0.29) is 5.95 Å². The minimum absolute atomic E-state index is 0.379. The highest BCUT2D eigenvalue weighted by Gasteiger charge is 1.97. The molecule has 0 aromatic carbocycles. The minimum atomic E-state index is -0.379. The fourth-order valence-corrected chi connectivity index (χ4v) is 0.836. The molecule has 0 saturated heterocycles. The second kappa shape index (κ2) is 1.76. The predicted octanol–water partition coefficient (Wildman–Crippen LogP) is 1.10. The summed E-state index contributed by atoms with van der Waals surface area (Å²) in [5.74, 6) is -0.379. The first-order chi connectivity index (χ1) is 4.86. The van der Waals surface area contributed by atoms with Crippen LogP contribution in [0, 0.1) is 5.95 Å². The summed E-state index contributed by atoms with van der Waals surface area (Å²) >= 11 is 0. The SMILES string of the molecule is Fc1cc2cncnc2[nH]1. The summed E-state index contributed by atoms with van der Waals surface area (Å²) in [5, 5.41) is 0.694. The Morgan fingerprint density at radius 2 is 2.40 bits per heavy atom. The van der Waals surface area contributed by atoms with E-state index in [0.29, 0.717) is 11.0 Å². The number of rotatable bonds is 0. The van der Waals surface area contributed by atoms with Crippen LogP contribution >= 0.6 is 0 Å². The van der Waals surface area contributed by atoms with Crippen LogP contribution in [-0.2, 0) is 0 Å². The Labute approximate surface area is 55.9 Å². The number of hydrogen-bond acceptors (Lipinski definition) is 2. The van der Waals surface area contributed by atoms with Crippen molar-refractivity contribution in [2.24, 2.45) is 0 Å². The Morgan fingerprint density at radius 3 is 3.20 bits per heavy atom. The number of aromatic amines is 1. The Bertz CT molecular complexity index is 322. The number of fused-ring (bicyclic) bond motifs is 1. The van der Waals surface area contributed by atoms with E-state index in [9.17, 15) is 4.39 Å². The van der Waals surface area contributed by atoms with Gasteiger partial charge in [-0.15, -0.1) is 0 Å². The molecule has 0 fully saturated rings. The van der Waals surface area contributed by atoms with Gasteiger partial charge in [0.2, 0.25) is 0 Å². The zero-order chi connectivity index (χ0) is 6.97. The van der Waals surface area contributed by atoms with Crippen molar-refractivity contribution in [2.45, 2.75) is 0 Å². The minimum Gasteiger partial charge on any atom is -0.316 e. The first-order valence-corrected chi connectivity index (χ1v) is 2.80. The maximum atomic E-state index is 12.4. The van der Waals surface area contributed by atoms with E-state index in [1.165, 1.54) is 12.4 Å². The molecule has 2 aromatic rings. The Kier molecular flexibility index (Phi) is 0.943. The zero-order valence-electron chi connectivity index (χ0n) is 5.00. The van der Waals surface area contributed by atoms with Crippen LogP contribution in [0.25, 0.3) is 11.0 Å². The summed E-state index contributed by atoms with van der Waals surface area (Å²) in [6.45, 7) is 0. The monoisotopic (exact) mass is 137 g/mol. The van der Waals surface area contributed by atoms with Crippen LogP contribution in [0.4, 0.5) is 4.39 Å². The molecule has 0 radical (unpaired) electrons. The smallest absolute Gasteiger partial charge is 0.193 e. The van der Waals surface area contributed by atoms with Crippen molar-refractivity contribution >= 4 is 11.0 Å². The Hall–Kier alpha value is -1.45. The van der Waals surface area contributed by atoms with Crippen molar-refractivity contribution in [1.82, 2.24) is 15.0 Å². The second-order valence-electron chi connectivity index (χ2n) is 1.94. The molecular weight excluding hydrogens is 133 g/mol. The summed E-state index contributed by atoms with van der Waals surface area (Å²) < 4.78 is 12.4. The fourth-order valence-electron chi connectivity index (χ4n) is 0.836. The van der Waals surface area contributed by atoms with Gasteiger partial charge < -0.3 is 4.98 Å². The van der Waals surface area contributed by atoms with Crippen molar-refractivity contribution in [1.29, 1.82) is 0 Å². The Morgan fingerprint density at radius 1 is 1.50 bits per heavy atom. The maximum absolute atomic E-state index is 12.4. The highest BCUT2D eigenvalue weighted by Crippen LogP contribution is 2.08. The molecule has 0 aliphatic carbocycles. The molecule has 0 aliphatic heterocycles. The first-order valence-electron chi connectivity index (χ1n) is 2.80. The number of H-pyrrole nitrogens is 1.